The minimum absolute atomic E-state index is 0.0697. The van der Waals surface area contributed by atoms with Gasteiger partial charge in [-0.3, -0.25) is 10.1 Å². The van der Waals surface area contributed by atoms with Crippen LogP contribution in [0.1, 0.15) is 6.92 Å². The highest BCUT2D eigenvalue weighted by atomic mass is 16.6. The van der Waals surface area contributed by atoms with E-state index in [1.807, 2.05) is 29.8 Å². The summed E-state index contributed by atoms with van der Waals surface area (Å²) in [5.41, 5.74) is 0.732. The van der Waals surface area contributed by atoms with Crippen molar-refractivity contribution in [2.24, 2.45) is 5.92 Å². The summed E-state index contributed by atoms with van der Waals surface area (Å²) >= 11 is 0. The Morgan fingerprint density at radius 3 is 2.88 bits per heavy atom. The normalized spacial score (nSPS) is 12.8. The zero-order valence-corrected chi connectivity index (χ0v) is 9.54. The molecule has 5 nitrogen and oxygen atoms in total. The first-order chi connectivity index (χ1) is 8.13. The molecule has 1 aromatic heterocycles. The Hall–Kier alpha value is -1.88. The number of aliphatic hydroxyl groups is 1. The van der Waals surface area contributed by atoms with Crippen LogP contribution in [-0.2, 0) is 6.54 Å². The predicted molar refractivity (Wildman–Crippen MR) is 64.8 cm³/mol. The van der Waals surface area contributed by atoms with E-state index >= 15 is 0 Å². The van der Waals surface area contributed by atoms with Crippen molar-refractivity contribution in [3.8, 4) is 0 Å². The monoisotopic (exact) mass is 234 g/mol. The molecular weight excluding hydrogens is 220 g/mol. The first kappa shape index (κ1) is 11.6. The minimum Gasteiger partial charge on any atom is -0.396 e. The second kappa shape index (κ2) is 4.55. The molecule has 90 valence electrons. The van der Waals surface area contributed by atoms with Crippen molar-refractivity contribution < 1.29 is 10.0 Å². The van der Waals surface area contributed by atoms with Crippen LogP contribution in [0.2, 0.25) is 0 Å². The molecule has 0 aliphatic rings. The van der Waals surface area contributed by atoms with Crippen molar-refractivity contribution in [1.82, 2.24) is 4.57 Å². The highest BCUT2D eigenvalue weighted by Crippen LogP contribution is 2.26. The first-order valence-corrected chi connectivity index (χ1v) is 5.46. The van der Waals surface area contributed by atoms with Crippen molar-refractivity contribution in [2.45, 2.75) is 13.5 Å². The van der Waals surface area contributed by atoms with Crippen LogP contribution >= 0.6 is 0 Å². The Labute approximate surface area is 98.4 Å². The lowest BCUT2D eigenvalue weighted by Gasteiger charge is -2.10. The van der Waals surface area contributed by atoms with E-state index in [4.69, 9.17) is 5.11 Å². The molecule has 1 heterocycles. The summed E-state index contributed by atoms with van der Waals surface area (Å²) in [6, 6.07) is 6.89. The lowest BCUT2D eigenvalue weighted by atomic mass is 10.2. The minimum atomic E-state index is -0.373. The second-order valence-electron chi connectivity index (χ2n) is 4.23. The van der Waals surface area contributed by atoms with E-state index in [2.05, 4.69) is 0 Å². The van der Waals surface area contributed by atoms with Gasteiger partial charge in [-0.05, 0) is 12.0 Å². The largest absolute Gasteiger partial charge is 0.396 e. The summed E-state index contributed by atoms with van der Waals surface area (Å²) in [5, 5.41) is 20.9. The van der Waals surface area contributed by atoms with E-state index in [1.165, 1.54) is 6.07 Å². The summed E-state index contributed by atoms with van der Waals surface area (Å²) in [6.45, 7) is 2.55. The predicted octanol–water partition coefficient (Wildman–Crippen LogP) is 2.18. The van der Waals surface area contributed by atoms with Crippen molar-refractivity contribution in [3.63, 3.8) is 0 Å². The average Bonchev–Trinajstić information content (AvgIpc) is 2.72. The highest BCUT2D eigenvalue weighted by molar-refractivity contribution is 5.88. The Kier molecular flexibility index (Phi) is 3.10. The van der Waals surface area contributed by atoms with Crippen LogP contribution < -0.4 is 0 Å². The fourth-order valence-corrected chi connectivity index (χ4v) is 1.93. The van der Waals surface area contributed by atoms with Gasteiger partial charge in [0.1, 0.15) is 5.52 Å². The maximum Gasteiger partial charge on any atom is 0.293 e. The summed E-state index contributed by atoms with van der Waals surface area (Å²) in [5.74, 6) is 0.0745. The van der Waals surface area contributed by atoms with Crippen LogP contribution in [0.4, 0.5) is 5.69 Å². The third-order valence-electron chi connectivity index (χ3n) is 2.78. The summed E-state index contributed by atoms with van der Waals surface area (Å²) in [4.78, 5) is 10.6. The molecule has 1 atom stereocenters. The number of hydrogen-bond acceptors (Lipinski definition) is 3. The van der Waals surface area contributed by atoms with Gasteiger partial charge in [0.2, 0.25) is 0 Å². The molecule has 1 N–H and O–H groups in total. The highest BCUT2D eigenvalue weighted by Gasteiger charge is 2.16. The Bertz CT molecular complexity index is 548. The Morgan fingerprint density at radius 1 is 1.47 bits per heavy atom. The summed E-state index contributed by atoms with van der Waals surface area (Å²) < 4.78 is 1.83. The first-order valence-electron chi connectivity index (χ1n) is 5.46. The summed E-state index contributed by atoms with van der Waals surface area (Å²) in [7, 11) is 0. The molecule has 0 bridgehead atoms. The van der Waals surface area contributed by atoms with E-state index in [9.17, 15) is 10.1 Å². The standard InChI is InChI=1S/C12H14N2O3/c1-9(8-15)7-13-6-5-10-3-2-4-11(12(10)13)14(16)17/h2-6,9,15H,7-8H2,1H3. The van der Waals surface area contributed by atoms with Gasteiger partial charge in [0.25, 0.3) is 5.69 Å². The third kappa shape index (κ3) is 2.14. The third-order valence-corrected chi connectivity index (χ3v) is 2.78. The lowest BCUT2D eigenvalue weighted by molar-refractivity contribution is -0.383. The zero-order chi connectivity index (χ0) is 12.4. The van der Waals surface area contributed by atoms with Crippen molar-refractivity contribution in [1.29, 1.82) is 0 Å². The molecule has 0 aliphatic carbocycles. The lowest BCUT2D eigenvalue weighted by Crippen LogP contribution is -2.10. The van der Waals surface area contributed by atoms with Gasteiger partial charge in [-0.15, -0.1) is 0 Å². The van der Waals surface area contributed by atoms with Gasteiger partial charge in [0.15, 0.2) is 0 Å². The number of para-hydroxylation sites is 1. The second-order valence-corrected chi connectivity index (χ2v) is 4.23. The number of non-ortho nitro benzene ring substituents is 1. The van der Waals surface area contributed by atoms with E-state index in [0.29, 0.717) is 12.1 Å². The zero-order valence-electron chi connectivity index (χ0n) is 9.54. The molecule has 0 radical (unpaired) electrons. The number of aromatic nitrogens is 1. The average molecular weight is 234 g/mol. The van der Waals surface area contributed by atoms with Crippen molar-refractivity contribution in [2.75, 3.05) is 6.61 Å². The Balaban J connectivity index is 2.53. The van der Waals surface area contributed by atoms with Crippen LogP contribution in [0.5, 0.6) is 0 Å². The van der Waals surface area contributed by atoms with Crippen LogP contribution in [0.3, 0.4) is 0 Å². The molecule has 1 unspecified atom stereocenters. The SMILES string of the molecule is CC(CO)Cn1ccc2cccc([N+](=O)[O-])c21. The van der Waals surface area contributed by atoms with Gasteiger partial charge in [0, 0.05) is 30.8 Å². The maximum atomic E-state index is 11.0. The molecule has 5 heteroatoms. The topological polar surface area (TPSA) is 68.3 Å². The molecule has 2 aromatic rings. The van der Waals surface area contributed by atoms with E-state index < -0.39 is 0 Å². The number of nitro benzene ring substituents is 1. The number of rotatable bonds is 4. The van der Waals surface area contributed by atoms with E-state index in [0.717, 1.165) is 5.39 Å². The number of nitrogens with zero attached hydrogens (tertiary/aromatic N) is 2. The fraction of sp³-hybridized carbons (Fsp3) is 0.333. The van der Waals surface area contributed by atoms with Gasteiger partial charge in [-0.25, -0.2) is 0 Å². The number of nitro groups is 1. The molecule has 0 fully saturated rings. The van der Waals surface area contributed by atoms with Crippen molar-refractivity contribution in [3.05, 3.63) is 40.6 Å². The van der Waals surface area contributed by atoms with Crippen LogP contribution in [0, 0.1) is 16.0 Å². The number of benzene rings is 1. The molecular formula is C12H14N2O3. The number of hydrogen-bond donors (Lipinski definition) is 1. The van der Waals surface area contributed by atoms with Gasteiger partial charge >= 0.3 is 0 Å². The molecule has 0 aliphatic heterocycles. The Morgan fingerprint density at radius 2 is 2.24 bits per heavy atom. The van der Waals surface area contributed by atoms with Crippen LogP contribution in [0.25, 0.3) is 10.9 Å². The van der Waals surface area contributed by atoms with E-state index in [1.54, 1.807) is 6.07 Å². The van der Waals surface area contributed by atoms with Crippen LogP contribution in [0.15, 0.2) is 30.5 Å². The molecule has 0 spiro atoms. The number of aliphatic hydroxyl groups excluding tert-OH is 1. The van der Waals surface area contributed by atoms with E-state index in [-0.39, 0.29) is 23.1 Å². The molecule has 0 amide bonds. The molecule has 0 saturated carbocycles. The molecule has 17 heavy (non-hydrogen) atoms. The maximum absolute atomic E-state index is 11.0. The quantitative estimate of drug-likeness (QED) is 0.651. The van der Waals surface area contributed by atoms with Gasteiger partial charge in [-0.1, -0.05) is 19.1 Å². The van der Waals surface area contributed by atoms with Gasteiger partial charge in [0.05, 0.1) is 4.92 Å². The van der Waals surface area contributed by atoms with Gasteiger partial charge < -0.3 is 9.67 Å². The molecule has 2 rings (SSSR count). The molecule has 1 aromatic carbocycles. The smallest absolute Gasteiger partial charge is 0.293 e. The van der Waals surface area contributed by atoms with Crippen molar-refractivity contribution >= 4 is 16.6 Å². The summed E-state index contributed by atoms with van der Waals surface area (Å²) in [6.07, 6.45) is 1.82. The number of fused-ring (bicyclic) bond motifs is 1. The van der Waals surface area contributed by atoms with Gasteiger partial charge in [-0.2, -0.15) is 0 Å². The fourth-order valence-electron chi connectivity index (χ4n) is 1.93. The molecule has 0 saturated heterocycles. The van der Waals surface area contributed by atoms with Crippen LogP contribution in [-0.4, -0.2) is 21.2 Å².